The Morgan fingerprint density at radius 3 is 1.82 bits per heavy atom. The van der Waals surface area contributed by atoms with Gasteiger partial charge in [0, 0.05) is 17.6 Å². The van der Waals surface area contributed by atoms with Crippen LogP contribution in [0.1, 0.15) is 42.4 Å². The average Bonchev–Trinajstić information content (AvgIpc) is 3.71. The maximum atomic E-state index is 10.3. The van der Waals surface area contributed by atoms with Gasteiger partial charge in [-0.3, -0.25) is 0 Å². The molecule has 0 aliphatic heterocycles. The van der Waals surface area contributed by atoms with Gasteiger partial charge in [-0.1, -0.05) is 88.7 Å². The normalized spacial score (nSPS) is 15.2. The Labute approximate surface area is 207 Å². The van der Waals surface area contributed by atoms with Crippen molar-refractivity contribution in [3.05, 3.63) is 106 Å². The molecule has 0 aromatic heterocycles. The van der Waals surface area contributed by atoms with Crippen molar-refractivity contribution in [2.45, 2.75) is 43.9 Å². The molecule has 0 heterocycles. The van der Waals surface area contributed by atoms with E-state index in [1.54, 1.807) is 0 Å². The van der Waals surface area contributed by atoms with Gasteiger partial charge in [0.1, 0.15) is 0 Å². The topological polar surface area (TPSA) is 27.0 Å². The predicted octanol–water partition coefficient (Wildman–Crippen LogP) is 7.19. The largest absolute Gasteiger partial charge is 0.303 e. The molecule has 1 aliphatic rings. The molecule has 0 spiro atoms. The van der Waals surface area contributed by atoms with Gasteiger partial charge >= 0.3 is 0 Å². The van der Waals surface area contributed by atoms with Crippen molar-refractivity contribution in [1.82, 2.24) is 4.90 Å². The van der Waals surface area contributed by atoms with Gasteiger partial charge in [0.25, 0.3) is 0 Å². The van der Waals surface area contributed by atoms with Crippen molar-refractivity contribution in [3.63, 3.8) is 0 Å². The number of rotatable bonds is 12. The predicted molar refractivity (Wildman–Crippen MR) is 140 cm³/mol. The highest BCUT2D eigenvalue weighted by molar-refractivity contribution is 9.10. The minimum absolute atomic E-state index is 0.342. The van der Waals surface area contributed by atoms with Gasteiger partial charge in [0.05, 0.1) is 11.5 Å². The number of halogens is 1. The first kappa shape index (κ1) is 23.7. The summed E-state index contributed by atoms with van der Waals surface area (Å²) >= 11 is 3.54. The molecule has 1 aliphatic carbocycles. The lowest BCUT2D eigenvalue weighted by molar-refractivity contribution is 0.262. The minimum Gasteiger partial charge on any atom is -0.303 e. The summed E-state index contributed by atoms with van der Waals surface area (Å²) in [4.78, 5) is 2.59. The van der Waals surface area contributed by atoms with Crippen molar-refractivity contribution in [1.29, 1.82) is 5.26 Å². The third-order valence-electron chi connectivity index (χ3n) is 7.00. The Kier molecular flexibility index (Phi) is 8.37. The molecule has 170 valence electrons. The maximum Gasteiger partial charge on any atom is 0.0850 e. The van der Waals surface area contributed by atoms with E-state index in [9.17, 15) is 5.26 Å². The minimum atomic E-state index is -0.342. The van der Waals surface area contributed by atoms with Crippen LogP contribution in [0.5, 0.6) is 0 Å². The van der Waals surface area contributed by atoms with Crippen LogP contribution < -0.4 is 0 Å². The smallest absolute Gasteiger partial charge is 0.0850 e. The average molecular weight is 502 g/mol. The van der Waals surface area contributed by atoms with E-state index in [0.29, 0.717) is 5.92 Å². The molecule has 4 rings (SSSR count). The summed E-state index contributed by atoms with van der Waals surface area (Å²) in [6, 6.07) is 32.8. The van der Waals surface area contributed by atoms with Crippen LogP contribution >= 0.6 is 15.9 Å². The zero-order valence-corrected chi connectivity index (χ0v) is 20.9. The SMILES string of the molecule is N#CC(CCCN(CCc1ccccc1)CCc1ccccc1)(c1ccc(Br)cc1)C1CC1. The second-order valence-electron chi connectivity index (χ2n) is 9.28. The van der Waals surface area contributed by atoms with E-state index in [-0.39, 0.29) is 5.41 Å². The molecule has 3 aromatic rings. The molecule has 0 bridgehead atoms. The molecule has 0 N–H and O–H groups in total. The van der Waals surface area contributed by atoms with Crippen molar-refractivity contribution in [2.75, 3.05) is 19.6 Å². The number of nitriles is 1. The van der Waals surface area contributed by atoms with Gasteiger partial charge in [0.15, 0.2) is 0 Å². The first-order chi connectivity index (χ1) is 16.2. The summed E-state index contributed by atoms with van der Waals surface area (Å²) in [5.74, 6) is 0.505. The quantitative estimate of drug-likeness (QED) is 0.263. The van der Waals surface area contributed by atoms with Crippen molar-refractivity contribution in [2.24, 2.45) is 5.92 Å². The summed E-state index contributed by atoms with van der Waals surface area (Å²) in [6.45, 7) is 3.14. The summed E-state index contributed by atoms with van der Waals surface area (Å²) in [6.07, 6.45) is 6.46. The molecular weight excluding hydrogens is 468 g/mol. The first-order valence-corrected chi connectivity index (χ1v) is 13.0. The fraction of sp³-hybridized carbons (Fsp3) is 0.367. The van der Waals surface area contributed by atoms with Crippen LogP contribution in [-0.4, -0.2) is 24.5 Å². The van der Waals surface area contributed by atoms with Crippen LogP contribution in [-0.2, 0) is 18.3 Å². The molecule has 0 saturated heterocycles. The third kappa shape index (κ3) is 6.56. The molecule has 33 heavy (non-hydrogen) atoms. The van der Waals surface area contributed by atoms with Gasteiger partial charge in [-0.05, 0) is 79.8 Å². The van der Waals surface area contributed by atoms with Crippen LogP contribution in [0.4, 0.5) is 0 Å². The van der Waals surface area contributed by atoms with Gasteiger partial charge in [0.2, 0.25) is 0 Å². The van der Waals surface area contributed by atoms with E-state index >= 15 is 0 Å². The first-order valence-electron chi connectivity index (χ1n) is 12.2. The van der Waals surface area contributed by atoms with E-state index in [1.807, 2.05) is 0 Å². The Bertz CT molecular complexity index is 979. The van der Waals surface area contributed by atoms with Crippen molar-refractivity contribution >= 4 is 15.9 Å². The number of hydrogen-bond acceptors (Lipinski definition) is 2. The van der Waals surface area contributed by atoms with Crippen LogP contribution in [0.25, 0.3) is 0 Å². The highest BCUT2D eigenvalue weighted by atomic mass is 79.9. The van der Waals surface area contributed by atoms with Gasteiger partial charge in [-0.25, -0.2) is 0 Å². The van der Waals surface area contributed by atoms with Gasteiger partial charge < -0.3 is 4.90 Å². The van der Waals surface area contributed by atoms with E-state index < -0.39 is 0 Å². The summed E-state index contributed by atoms with van der Waals surface area (Å²) < 4.78 is 1.07. The number of hydrogen-bond donors (Lipinski definition) is 0. The fourth-order valence-corrected chi connectivity index (χ4v) is 5.16. The molecule has 1 atom stereocenters. The monoisotopic (exact) mass is 500 g/mol. The molecule has 1 unspecified atom stereocenters. The van der Waals surface area contributed by atoms with Crippen LogP contribution in [0.2, 0.25) is 0 Å². The molecule has 3 aromatic carbocycles. The second-order valence-corrected chi connectivity index (χ2v) is 10.2. The standard InChI is InChI=1S/C30H33BrN2/c31-29-16-14-28(15-17-29)30(24-32,27-12-13-27)20-7-21-33(22-18-25-8-3-1-4-9-25)23-19-26-10-5-2-6-11-26/h1-6,8-11,14-17,27H,7,12-13,18-23H2. The van der Waals surface area contributed by atoms with E-state index in [0.717, 1.165) is 49.8 Å². The van der Waals surface area contributed by atoms with Crippen molar-refractivity contribution in [3.8, 4) is 6.07 Å². The van der Waals surface area contributed by atoms with Crippen molar-refractivity contribution < 1.29 is 0 Å². The highest BCUT2D eigenvalue weighted by Crippen LogP contribution is 2.50. The zero-order chi connectivity index (χ0) is 22.9. The number of nitrogens with zero attached hydrogens (tertiary/aromatic N) is 2. The highest BCUT2D eigenvalue weighted by Gasteiger charge is 2.46. The van der Waals surface area contributed by atoms with E-state index in [1.165, 1.54) is 29.5 Å². The zero-order valence-electron chi connectivity index (χ0n) is 19.3. The number of benzene rings is 3. The summed E-state index contributed by atoms with van der Waals surface area (Å²) in [5.41, 5.74) is 3.63. The van der Waals surface area contributed by atoms with E-state index in [4.69, 9.17) is 0 Å². The second kappa shape index (κ2) is 11.6. The fourth-order valence-electron chi connectivity index (χ4n) is 4.90. The molecule has 2 nitrogen and oxygen atoms in total. The molecular formula is C30H33BrN2. The Balaban J connectivity index is 1.40. The lowest BCUT2D eigenvalue weighted by Crippen LogP contribution is -2.32. The summed E-state index contributed by atoms with van der Waals surface area (Å²) in [7, 11) is 0. The van der Waals surface area contributed by atoms with Gasteiger partial charge in [-0.2, -0.15) is 5.26 Å². The summed E-state index contributed by atoms with van der Waals surface area (Å²) in [5, 5.41) is 10.3. The van der Waals surface area contributed by atoms with Crippen LogP contribution in [0.15, 0.2) is 89.4 Å². The van der Waals surface area contributed by atoms with E-state index in [2.05, 4.69) is 112 Å². The third-order valence-corrected chi connectivity index (χ3v) is 7.53. The lowest BCUT2D eigenvalue weighted by Gasteiger charge is -2.29. The molecule has 0 radical (unpaired) electrons. The molecule has 1 fully saturated rings. The molecule has 1 saturated carbocycles. The Hall–Kier alpha value is -2.41. The molecule has 3 heteroatoms. The van der Waals surface area contributed by atoms with Gasteiger partial charge in [-0.15, -0.1) is 0 Å². The van der Waals surface area contributed by atoms with Crippen LogP contribution in [0, 0.1) is 17.2 Å². The Morgan fingerprint density at radius 2 is 1.33 bits per heavy atom. The lowest BCUT2D eigenvalue weighted by atomic mass is 9.74. The van der Waals surface area contributed by atoms with Crippen LogP contribution in [0.3, 0.4) is 0 Å². The Morgan fingerprint density at radius 1 is 0.788 bits per heavy atom. The maximum absolute atomic E-state index is 10.3. The molecule has 0 amide bonds.